The molecule has 1 fully saturated rings. The first kappa shape index (κ1) is 18.8. The molecule has 0 saturated carbocycles. The van der Waals surface area contributed by atoms with E-state index in [9.17, 15) is 9.59 Å². The molecule has 1 heterocycles. The normalized spacial score (nSPS) is 22.4. The van der Waals surface area contributed by atoms with E-state index in [4.69, 9.17) is 22.3 Å². The number of carboxylic acids is 1. The SMILES string of the molecule is Cl.Cl.NCC[C@@](N)(C(=O)O)N1CC[C@H](N)C1=O. The van der Waals surface area contributed by atoms with Gasteiger partial charge in [-0.1, -0.05) is 0 Å². The molecule has 0 bridgehead atoms. The number of rotatable bonds is 4. The van der Waals surface area contributed by atoms with Gasteiger partial charge in [0.15, 0.2) is 5.66 Å². The van der Waals surface area contributed by atoms with E-state index in [0.717, 1.165) is 4.90 Å². The van der Waals surface area contributed by atoms with E-state index in [1.807, 2.05) is 0 Å². The molecule has 2 atom stereocenters. The Balaban J connectivity index is 0. The van der Waals surface area contributed by atoms with Crippen LogP contribution in [-0.4, -0.2) is 46.7 Å². The van der Waals surface area contributed by atoms with Gasteiger partial charge in [-0.05, 0) is 13.0 Å². The predicted molar refractivity (Wildman–Crippen MR) is 67.0 cm³/mol. The van der Waals surface area contributed by atoms with Crippen LogP contribution in [0.25, 0.3) is 0 Å². The Morgan fingerprint density at radius 2 is 2.06 bits per heavy atom. The summed E-state index contributed by atoms with van der Waals surface area (Å²) in [7, 11) is 0. The Hall–Kier alpha value is -0.600. The van der Waals surface area contributed by atoms with Crippen molar-refractivity contribution >= 4 is 36.7 Å². The number of nitrogens with zero attached hydrogens (tertiary/aromatic N) is 1. The topological polar surface area (TPSA) is 136 Å². The van der Waals surface area contributed by atoms with Crippen LogP contribution in [0, 0.1) is 0 Å². The molecule has 0 spiro atoms. The minimum Gasteiger partial charge on any atom is -0.478 e. The van der Waals surface area contributed by atoms with Crippen molar-refractivity contribution in [2.45, 2.75) is 24.5 Å². The van der Waals surface area contributed by atoms with Crippen molar-refractivity contribution in [3.05, 3.63) is 0 Å². The standard InChI is InChI=1S/C8H16N4O3.2ClH/c9-3-2-8(11,7(14)15)12-4-1-5(10)6(12)13;;/h5H,1-4,9-11H2,(H,14,15);2*1H/t5-,8-;;/m0../s1. The Bertz CT molecular complexity index is 292. The highest BCUT2D eigenvalue weighted by molar-refractivity contribution is 5.90. The average Bonchev–Trinajstić information content (AvgIpc) is 2.48. The van der Waals surface area contributed by atoms with E-state index in [-0.39, 0.29) is 44.3 Å². The third-order valence-electron chi connectivity index (χ3n) is 2.62. The van der Waals surface area contributed by atoms with E-state index in [2.05, 4.69) is 0 Å². The first-order chi connectivity index (χ1) is 6.93. The highest BCUT2D eigenvalue weighted by Gasteiger charge is 2.46. The van der Waals surface area contributed by atoms with Crippen LogP contribution in [0.3, 0.4) is 0 Å². The van der Waals surface area contributed by atoms with Gasteiger partial charge in [-0.25, -0.2) is 4.79 Å². The number of hydrogen-bond acceptors (Lipinski definition) is 5. The summed E-state index contributed by atoms with van der Waals surface area (Å²) >= 11 is 0. The van der Waals surface area contributed by atoms with E-state index >= 15 is 0 Å². The van der Waals surface area contributed by atoms with Gasteiger partial charge >= 0.3 is 5.97 Å². The number of hydrogen-bond donors (Lipinski definition) is 4. The van der Waals surface area contributed by atoms with Crippen molar-refractivity contribution < 1.29 is 14.7 Å². The highest BCUT2D eigenvalue weighted by Crippen LogP contribution is 2.21. The number of amides is 1. The molecule has 17 heavy (non-hydrogen) atoms. The minimum atomic E-state index is -1.72. The summed E-state index contributed by atoms with van der Waals surface area (Å²) in [4.78, 5) is 23.7. The second-order valence-electron chi connectivity index (χ2n) is 3.65. The zero-order valence-electron chi connectivity index (χ0n) is 9.17. The monoisotopic (exact) mass is 288 g/mol. The molecule has 1 saturated heterocycles. The Morgan fingerprint density at radius 1 is 1.53 bits per heavy atom. The van der Waals surface area contributed by atoms with Crippen molar-refractivity contribution in [1.82, 2.24) is 4.90 Å². The number of aliphatic carboxylic acids is 1. The van der Waals surface area contributed by atoms with Crippen LogP contribution in [-0.2, 0) is 9.59 Å². The number of likely N-dealkylation sites (tertiary alicyclic amines) is 1. The van der Waals surface area contributed by atoms with E-state index < -0.39 is 23.6 Å². The van der Waals surface area contributed by atoms with Crippen LogP contribution >= 0.6 is 24.8 Å². The first-order valence-electron chi connectivity index (χ1n) is 4.73. The smallest absolute Gasteiger partial charge is 0.344 e. The van der Waals surface area contributed by atoms with Crippen LogP contribution in [0.4, 0.5) is 0 Å². The zero-order valence-corrected chi connectivity index (χ0v) is 10.8. The van der Waals surface area contributed by atoms with Crippen molar-refractivity contribution in [1.29, 1.82) is 0 Å². The molecule has 1 aliphatic rings. The van der Waals surface area contributed by atoms with Crippen LogP contribution in [0.1, 0.15) is 12.8 Å². The lowest BCUT2D eigenvalue weighted by molar-refractivity contribution is -0.157. The molecule has 102 valence electrons. The zero-order chi connectivity index (χ0) is 11.6. The van der Waals surface area contributed by atoms with Crippen LogP contribution in [0.15, 0.2) is 0 Å². The maximum Gasteiger partial charge on any atom is 0.344 e. The maximum atomic E-state index is 11.5. The van der Waals surface area contributed by atoms with Gasteiger partial charge in [-0.2, -0.15) is 0 Å². The summed E-state index contributed by atoms with van der Waals surface area (Å²) in [5.41, 5.74) is 14.7. The second-order valence-corrected chi connectivity index (χ2v) is 3.65. The third kappa shape index (κ3) is 3.43. The van der Waals surface area contributed by atoms with Gasteiger partial charge in [0, 0.05) is 13.0 Å². The summed E-state index contributed by atoms with van der Waals surface area (Å²) in [5.74, 6) is -1.68. The first-order valence-corrected chi connectivity index (χ1v) is 4.73. The molecule has 0 aromatic carbocycles. The van der Waals surface area contributed by atoms with Gasteiger partial charge in [0.2, 0.25) is 5.91 Å². The Labute approximate surface area is 111 Å². The van der Waals surface area contributed by atoms with Crippen molar-refractivity contribution in [2.24, 2.45) is 17.2 Å². The van der Waals surface area contributed by atoms with Gasteiger partial charge < -0.3 is 21.5 Å². The molecular weight excluding hydrogens is 271 g/mol. The average molecular weight is 289 g/mol. The molecule has 1 aliphatic heterocycles. The van der Waals surface area contributed by atoms with Crippen molar-refractivity contribution in [3.8, 4) is 0 Å². The third-order valence-corrected chi connectivity index (χ3v) is 2.62. The summed E-state index contributed by atoms with van der Waals surface area (Å²) < 4.78 is 0. The van der Waals surface area contributed by atoms with Crippen LogP contribution < -0.4 is 17.2 Å². The minimum absolute atomic E-state index is 0. The summed E-state index contributed by atoms with van der Waals surface area (Å²) in [6, 6.07) is -0.648. The molecule has 0 unspecified atom stereocenters. The quantitative estimate of drug-likeness (QED) is 0.496. The number of carbonyl (C=O) groups excluding carboxylic acids is 1. The molecule has 0 radical (unpaired) electrons. The highest BCUT2D eigenvalue weighted by atomic mass is 35.5. The van der Waals surface area contributed by atoms with Gasteiger partial charge in [-0.15, -0.1) is 24.8 Å². The Kier molecular flexibility index (Phi) is 7.69. The summed E-state index contributed by atoms with van der Waals surface area (Å²) in [6.45, 7) is 0.366. The molecule has 9 heteroatoms. The number of halogens is 2. The van der Waals surface area contributed by atoms with Gasteiger partial charge in [0.1, 0.15) is 0 Å². The van der Waals surface area contributed by atoms with Gasteiger partial charge in [-0.3, -0.25) is 10.5 Å². The lowest BCUT2D eigenvalue weighted by Gasteiger charge is -2.34. The van der Waals surface area contributed by atoms with Gasteiger partial charge in [0.25, 0.3) is 0 Å². The second kappa shape index (κ2) is 6.97. The molecule has 7 nitrogen and oxygen atoms in total. The molecule has 0 aliphatic carbocycles. The molecular formula is C8H18Cl2N4O3. The lowest BCUT2D eigenvalue weighted by atomic mass is 10.1. The number of nitrogens with two attached hydrogens (primary N) is 3. The number of carboxylic acid groups (broad SMARTS) is 1. The van der Waals surface area contributed by atoms with E-state index in [1.165, 1.54) is 0 Å². The maximum absolute atomic E-state index is 11.5. The largest absolute Gasteiger partial charge is 0.478 e. The fourth-order valence-corrected chi connectivity index (χ4v) is 1.68. The molecule has 0 aromatic rings. The fraction of sp³-hybridized carbons (Fsp3) is 0.750. The van der Waals surface area contributed by atoms with E-state index in [1.54, 1.807) is 0 Å². The summed E-state index contributed by atoms with van der Waals surface area (Å²) in [6.07, 6.45) is 0.441. The Morgan fingerprint density at radius 3 is 2.35 bits per heavy atom. The van der Waals surface area contributed by atoms with E-state index in [0.29, 0.717) is 6.42 Å². The lowest BCUT2D eigenvalue weighted by Crippen LogP contribution is -2.63. The van der Waals surface area contributed by atoms with Crippen molar-refractivity contribution in [3.63, 3.8) is 0 Å². The summed E-state index contributed by atoms with van der Waals surface area (Å²) in [5, 5.41) is 9.01. The molecule has 7 N–H and O–H groups in total. The van der Waals surface area contributed by atoms with Gasteiger partial charge in [0.05, 0.1) is 6.04 Å². The molecule has 1 rings (SSSR count). The predicted octanol–water partition coefficient (Wildman–Crippen LogP) is -1.52. The molecule has 1 amide bonds. The van der Waals surface area contributed by atoms with Crippen molar-refractivity contribution in [2.75, 3.05) is 13.1 Å². The fourth-order valence-electron chi connectivity index (χ4n) is 1.68. The van der Waals surface area contributed by atoms with Crippen LogP contribution in [0.5, 0.6) is 0 Å². The number of carbonyl (C=O) groups is 2. The van der Waals surface area contributed by atoms with Crippen LogP contribution in [0.2, 0.25) is 0 Å². The molecule has 0 aromatic heterocycles.